The van der Waals surface area contributed by atoms with E-state index in [1.54, 1.807) is 12.3 Å². The van der Waals surface area contributed by atoms with Crippen molar-refractivity contribution in [1.82, 2.24) is 4.98 Å². The maximum atomic E-state index is 13.6. The van der Waals surface area contributed by atoms with Crippen molar-refractivity contribution in [2.24, 2.45) is 0 Å². The van der Waals surface area contributed by atoms with Gasteiger partial charge < -0.3 is 5.32 Å². The molecule has 94 valence electrons. The minimum absolute atomic E-state index is 0.117. The van der Waals surface area contributed by atoms with Crippen LogP contribution >= 0.6 is 11.6 Å². The van der Waals surface area contributed by atoms with Gasteiger partial charge in [-0.25, -0.2) is 8.78 Å². The van der Waals surface area contributed by atoms with E-state index in [4.69, 9.17) is 11.6 Å². The van der Waals surface area contributed by atoms with Crippen molar-refractivity contribution in [2.75, 3.05) is 5.32 Å². The van der Waals surface area contributed by atoms with Crippen LogP contribution in [0.5, 0.6) is 0 Å². The van der Waals surface area contributed by atoms with Crippen molar-refractivity contribution in [3.05, 3.63) is 58.4 Å². The lowest BCUT2D eigenvalue weighted by Gasteiger charge is -2.09. The van der Waals surface area contributed by atoms with Gasteiger partial charge in [0.25, 0.3) is 0 Å². The number of rotatable bonds is 3. The van der Waals surface area contributed by atoms with Gasteiger partial charge in [-0.05, 0) is 30.2 Å². The van der Waals surface area contributed by atoms with Gasteiger partial charge in [0, 0.05) is 25.0 Å². The van der Waals surface area contributed by atoms with Crippen LogP contribution in [0.25, 0.3) is 0 Å². The zero-order chi connectivity index (χ0) is 13.1. The lowest BCUT2D eigenvalue weighted by atomic mass is 10.2. The quantitative estimate of drug-likeness (QED) is 0.912. The van der Waals surface area contributed by atoms with Crippen LogP contribution in [0.15, 0.2) is 30.6 Å². The number of aryl methyl sites for hydroxylation is 1. The summed E-state index contributed by atoms with van der Waals surface area (Å²) in [5.41, 5.74) is 1.16. The molecule has 0 radical (unpaired) electrons. The molecule has 1 N–H and O–H groups in total. The number of nitrogens with one attached hydrogen (secondary N) is 1. The fourth-order valence-electron chi connectivity index (χ4n) is 1.52. The van der Waals surface area contributed by atoms with Gasteiger partial charge in [0.2, 0.25) is 0 Å². The number of aromatic nitrogens is 1. The summed E-state index contributed by atoms with van der Waals surface area (Å²) in [6.45, 7) is 1.82. The van der Waals surface area contributed by atoms with E-state index in [1.807, 2.05) is 0 Å². The van der Waals surface area contributed by atoms with E-state index in [0.29, 0.717) is 11.6 Å². The van der Waals surface area contributed by atoms with E-state index < -0.39 is 11.6 Å². The van der Waals surface area contributed by atoms with Crippen molar-refractivity contribution < 1.29 is 8.78 Å². The van der Waals surface area contributed by atoms with Crippen molar-refractivity contribution in [3.63, 3.8) is 0 Å². The Hall–Kier alpha value is -1.68. The van der Waals surface area contributed by atoms with Crippen LogP contribution in [0.4, 0.5) is 14.5 Å². The number of benzene rings is 1. The first kappa shape index (κ1) is 12.8. The zero-order valence-electron chi connectivity index (χ0n) is 9.67. The second kappa shape index (κ2) is 5.31. The molecule has 0 unspecified atom stereocenters. The molecule has 5 heteroatoms. The Morgan fingerprint density at radius 2 is 2.06 bits per heavy atom. The van der Waals surface area contributed by atoms with Crippen LogP contribution in [0, 0.1) is 18.6 Å². The first-order chi connectivity index (χ1) is 8.58. The highest BCUT2D eigenvalue weighted by molar-refractivity contribution is 6.31. The standard InChI is InChI=1S/C13H11ClF2N2/c1-8-4-12(16)13(5-11(8)15)18-6-9-2-3-17-7-10(9)14/h2-5,7,18H,6H2,1H3. The monoisotopic (exact) mass is 268 g/mol. The van der Waals surface area contributed by atoms with E-state index in [2.05, 4.69) is 10.3 Å². The van der Waals surface area contributed by atoms with E-state index in [1.165, 1.54) is 13.1 Å². The van der Waals surface area contributed by atoms with Crippen LogP contribution in [-0.4, -0.2) is 4.98 Å². The molecule has 0 aliphatic rings. The van der Waals surface area contributed by atoms with Crippen LogP contribution in [0.3, 0.4) is 0 Å². The lowest BCUT2D eigenvalue weighted by molar-refractivity contribution is 0.594. The van der Waals surface area contributed by atoms with Gasteiger partial charge in [-0.2, -0.15) is 0 Å². The summed E-state index contributed by atoms with van der Waals surface area (Å²) in [5, 5.41) is 3.30. The molecule has 0 aliphatic heterocycles. The summed E-state index contributed by atoms with van der Waals surface area (Å²) in [6.07, 6.45) is 3.10. The first-order valence-electron chi connectivity index (χ1n) is 5.36. The highest BCUT2D eigenvalue weighted by atomic mass is 35.5. The SMILES string of the molecule is Cc1cc(F)c(NCc2ccncc2Cl)cc1F. The molecular weight excluding hydrogens is 258 g/mol. The zero-order valence-corrected chi connectivity index (χ0v) is 10.4. The predicted octanol–water partition coefficient (Wildman–Crippen LogP) is 3.93. The van der Waals surface area contributed by atoms with Crippen molar-refractivity contribution >= 4 is 17.3 Å². The minimum Gasteiger partial charge on any atom is -0.378 e. The normalized spacial score (nSPS) is 10.4. The molecule has 0 fully saturated rings. The van der Waals surface area contributed by atoms with E-state index in [0.717, 1.165) is 17.7 Å². The van der Waals surface area contributed by atoms with E-state index >= 15 is 0 Å². The fourth-order valence-corrected chi connectivity index (χ4v) is 1.71. The number of nitrogens with zero attached hydrogens (tertiary/aromatic N) is 1. The summed E-state index contributed by atoms with van der Waals surface area (Å²) in [6, 6.07) is 4.02. The van der Waals surface area contributed by atoms with Gasteiger partial charge in [-0.3, -0.25) is 4.98 Å². The van der Waals surface area contributed by atoms with Gasteiger partial charge in [0.15, 0.2) is 0 Å². The summed E-state index contributed by atoms with van der Waals surface area (Å²) in [5.74, 6) is -0.932. The number of halogens is 3. The molecule has 0 saturated heterocycles. The Balaban J connectivity index is 2.16. The Morgan fingerprint density at radius 1 is 1.28 bits per heavy atom. The highest BCUT2D eigenvalue weighted by Gasteiger charge is 2.07. The molecule has 18 heavy (non-hydrogen) atoms. The third-order valence-corrected chi connectivity index (χ3v) is 2.91. The fraction of sp³-hybridized carbons (Fsp3) is 0.154. The third kappa shape index (κ3) is 2.76. The molecule has 0 atom stereocenters. The summed E-state index contributed by atoms with van der Waals surface area (Å²) in [4.78, 5) is 3.85. The molecule has 1 heterocycles. The Bertz CT molecular complexity index is 573. The molecule has 2 rings (SSSR count). The van der Waals surface area contributed by atoms with Gasteiger partial charge in [-0.1, -0.05) is 11.6 Å². The number of anilines is 1. The average Bonchev–Trinajstić information content (AvgIpc) is 2.34. The number of pyridine rings is 1. The van der Waals surface area contributed by atoms with Crippen LogP contribution < -0.4 is 5.32 Å². The molecule has 1 aromatic heterocycles. The predicted molar refractivity (Wildman–Crippen MR) is 67.7 cm³/mol. The second-order valence-corrected chi connectivity index (χ2v) is 4.31. The van der Waals surface area contributed by atoms with Crippen molar-refractivity contribution in [2.45, 2.75) is 13.5 Å². The lowest BCUT2D eigenvalue weighted by Crippen LogP contribution is -2.03. The molecule has 0 amide bonds. The van der Waals surface area contributed by atoms with Gasteiger partial charge in [0.05, 0.1) is 10.7 Å². The number of hydrogen-bond donors (Lipinski definition) is 1. The summed E-state index contributed by atoms with van der Waals surface area (Å²) >= 11 is 5.92. The summed E-state index contributed by atoms with van der Waals surface area (Å²) in [7, 11) is 0. The molecule has 1 aromatic carbocycles. The van der Waals surface area contributed by atoms with Crippen LogP contribution in [-0.2, 0) is 6.54 Å². The topological polar surface area (TPSA) is 24.9 Å². The largest absolute Gasteiger partial charge is 0.378 e. The second-order valence-electron chi connectivity index (χ2n) is 3.90. The van der Waals surface area contributed by atoms with Gasteiger partial charge in [0.1, 0.15) is 11.6 Å². The third-order valence-electron chi connectivity index (χ3n) is 2.57. The Kier molecular flexibility index (Phi) is 3.77. The molecule has 0 bridgehead atoms. The van der Waals surface area contributed by atoms with Gasteiger partial charge >= 0.3 is 0 Å². The smallest absolute Gasteiger partial charge is 0.146 e. The van der Waals surface area contributed by atoms with Gasteiger partial charge in [-0.15, -0.1) is 0 Å². The maximum Gasteiger partial charge on any atom is 0.146 e. The molecule has 2 aromatic rings. The first-order valence-corrected chi connectivity index (χ1v) is 5.73. The number of hydrogen-bond acceptors (Lipinski definition) is 2. The molecule has 0 saturated carbocycles. The van der Waals surface area contributed by atoms with Crippen LogP contribution in [0.1, 0.15) is 11.1 Å². The molecular formula is C13H11ClF2N2. The minimum atomic E-state index is -0.487. The maximum absolute atomic E-state index is 13.6. The Morgan fingerprint density at radius 3 is 2.78 bits per heavy atom. The summed E-state index contributed by atoms with van der Waals surface area (Å²) < 4.78 is 26.9. The van der Waals surface area contributed by atoms with Crippen molar-refractivity contribution in [1.29, 1.82) is 0 Å². The van der Waals surface area contributed by atoms with E-state index in [-0.39, 0.29) is 11.3 Å². The highest BCUT2D eigenvalue weighted by Crippen LogP contribution is 2.21. The van der Waals surface area contributed by atoms with Crippen molar-refractivity contribution in [3.8, 4) is 0 Å². The van der Waals surface area contributed by atoms with Crippen LogP contribution in [0.2, 0.25) is 5.02 Å². The van der Waals surface area contributed by atoms with E-state index in [9.17, 15) is 8.78 Å². The Labute approximate surface area is 109 Å². The molecule has 0 aliphatic carbocycles. The average molecular weight is 269 g/mol. The molecule has 0 spiro atoms. The molecule has 2 nitrogen and oxygen atoms in total.